The number of aliphatic hydroxyl groups excluding tert-OH is 12. The van der Waals surface area contributed by atoms with Crippen LogP contribution in [0.25, 0.3) is 0 Å². The molecule has 20 nitrogen and oxygen atoms in total. The van der Waals surface area contributed by atoms with E-state index in [1.165, 1.54) is 0 Å². The van der Waals surface area contributed by atoms with Crippen molar-refractivity contribution in [1.29, 1.82) is 0 Å². The molecule has 7 fully saturated rings. The van der Waals surface area contributed by atoms with Crippen molar-refractivity contribution in [3.8, 4) is 0 Å². The summed E-state index contributed by atoms with van der Waals surface area (Å²) in [6.07, 6.45) is -19.4. The third kappa shape index (κ3) is 9.80. The summed E-state index contributed by atoms with van der Waals surface area (Å²) in [5.74, 6) is -1.85. The lowest BCUT2D eigenvalue weighted by molar-refractivity contribution is -0.367. The maximum absolute atomic E-state index is 14.3. The second-order valence-corrected chi connectivity index (χ2v) is 20.3. The van der Waals surface area contributed by atoms with Gasteiger partial charge in [0.2, 0.25) is 6.29 Å². The van der Waals surface area contributed by atoms with Crippen LogP contribution in [0, 0.1) is 40.4 Å². The highest BCUT2D eigenvalue weighted by Crippen LogP contribution is 2.64. The third-order valence-corrected chi connectivity index (χ3v) is 16.4. The van der Waals surface area contributed by atoms with Crippen molar-refractivity contribution in [2.24, 2.45) is 40.4 Å². The fourth-order valence-electron chi connectivity index (χ4n) is 12.9. The van der Waals surface area contributed by atoms with Crippen molar-refractivity contribution in [3.63, 3.8) is 0 Å². The van der Waals surface area contributed by atoms with Crippen LogP contribution in [0.5, 0.6) is 0 Å². The van der Waals surface area contributed by atoms with E-state index in [0.29, 0.717) is 32.1 Å². The molecule has 0 bridgehead atoms. The lowest BCUT2D eigenvalue weighted by Crippen LogP contribution is -2.65. The zero-order chi connectivity index (χ0) is 46.4. The van der Waals surface area contributed by atoms with Crippen molar-refractivity contribution in [2.75, 3.05) is 26.4 Å². The van der Waals surface area contributed by atoms with Gasteiger partial charge in [0, 0.05) is 25.2 Å². The lowest BCUT2D eigenvalue weighted by Gasteiger charge is -2.57. The van der Waals surface area contributed by atoms with Crippen LogP contribution in [-0.2, 0) is 38.0 Å². The van der Waals surface area contributed by atoms with Gasteiger partial charge in [-0.05, 0) is 74.5 Å². The first-order valence-corrected chi connectivity index (χ1v) is 23.4. The quantitative estimate of drug-likeness (QED) is 0.0904. The SMILES string of the molecule is CCC12CCC3C(CCCC3(C)C(=O)OC3CC(O)CC(CO)O3)C1CC(C(O)C1OCC(O)CC1O)C(OC1OC(CO)C(O)C(OC3OC(CO)C(O)C(O)C3O)C1O)C(C)C2. The first-order valence-electron chi connectivity index (χ1n) is 23.4. The van der Waals surface area contributed by atoms with E-state index in [1.54, 1.807) is 0 Å². The van der Waals surface area contributed by atoms with Crippen LogP contribution in [0.15, 0.2) is 0 Å². The molecule has 7 aliphatic rings. The largest absolute Gasteiger partial charge is 0.435 e. The highest BCUT2D eigenvalue weighted by Gasteiger charge is 2.61. The summed E-state index contributed by atoms with van der Waals surface area (Å²) >= 11 is 0. The van der Waals surface area contributed by atoms with Crippen molar-refractivity contribution in [3.05, 3.63) is 0 Å². The maximum atomic E-state index is 14.3. The molecule has 370 valence electrons. The van der Waals surface area contributed by atoms with Gasteiger partial charge >= 0.3 is 5.97 Å². The summed E-state index contributed by atoms with van der Waals surface area (Å²) in [4.78, 5) is 14.3. The number of hydrogen-bond donors (Lipinski definition) is 12. The van der Waals surface area contributed by atoms with Gasteiger partial charge in [-0.3, -0.25) is 4.79 Å². The zero-order valence-corrected chi connectivity index (χ0v) is 37.0. The third-order valence-electron chi connectivity index (χ3n) is 16.4. The molecule has 4 saturated heterocycles. The topological polar surface area (TPSA) is 324 Å². The Labute approximate surface area is 373 Å². The Morgan fingerprint density at radius 3 is 2.06 bits per heavy atom. The van der Waals surface area contributed by atoms with Gasteiger partial charge in [-0.15, -0.1) is 0 Å². The molecule has 4 heterocycles. The minimum absolute atomic E-state index is 0.0236. The van der Waals surface area contributed by atoms with Gasteiger partial charge in [-0.2, -0.15) is 0 Å². The monoisotopic (exact) mass is 922 g/mol. The highest BCUT2D eigenvalue weighted by molar-refractivity contribution is 5.77. The predicted molar refractivity (Wildman–Crippen MR) is 217 cm³/mol. The first-order chi connectivity index (χ1) is 30.4. The van der Waals surface area contributed by atoms with Crippen LogP contribution in [0.2, 0.25) is 0 Å². The van der Waals surface area contributed by atoms with E-state index in [1.807, 2.05) is 13.8 Å². The standard InChI is InChI=1S/C44H74O20/c1-4-44-9-7-25-23(6-5-8-43(25,3)42(57)62-30-12-20(48)10-22(15-45)59-30)26(44)13-24(31(51)38-27(50)11-21(49)18-58-38)37(19(2)14-44)63-41-36(56)39(33(53)29(17-47)61-41)64-40-35(55)34(54)32(52)28(16-46)60-40/h19-41,45-56H,4-18H2,1-3H3. The summed E-state index contributed by atoms with van der Waals surface area (Å²) in [5, 5.41) is 129. The van der Waals surface area contributed by atoms with Gasteiger partial charge in [-0.25, -0.2) is 0 Å². The molecular weight excluding hydrogens is 848 g/mol. The molecule has 12 N–H and O–H groups in total. The summed E-state index contributed by atoms with van der Waals surface area (Å²) in [6.45, 7) is 4.06. The zero-order valence-electron chi connectivity index (χ0n) is 37.0. The van der Waals surface area contributed by atoms with Crippen molar-refractivity contribution >= 4 is 5.97 Å². The van der Waals surface area contributed by atoms with E-state index in [2.05, 4.69) is 6.92 Å². The fraction of sp³-hybridized carbons (Fsp3) is 0.977. The van der Waals surface area contributed by atoms with Crippen LogP contribution in [0.1, 0.15) is 91.4 Å². The summed E-state index contributed by atoms with van der Waals surface area (Å²) in [5.41, 5.74) is -1.23. The van der Waals surface area contributed by atoms with Gasteiger partial charge in [-0.1, -0.05) is 26.7 Å². The maximum Gasteiger partial charge on any atom is 0.314 e. The Morgan fingerprint density at radius 1 is 0.734 bits per heavy atom. The van der Waals surface area contributed by atoms with E-state index in [-0.39, 0.29) is 61.6 Å². The lowest BCUT2D eigenvalue weighted by atomic mass is 9.47. The molecule has 20 heteroatoms. The number of hydrogen-bond acceptors (Lipinski definition) is 20. The molecule has 0 amide bonds. The van der Waals surface area contributed by atoms with Gasteiger partial charge in [0.1, 0.15) is 54.9 Å². The molecular formula is C44H74O20. The average Bonchev–Trinajstić information content (AvgIpc) is 3.39. The van der Waals surface area contributed by atoms with Crippen LogP contribution < -0.4 is 0 Å². The highest BCUT2D eigenvalue weighted by atomic mass is 16.7. The number of rotatable bonds is 12. The summed E-state index contributed by atoms with van der Waals surface area (Å²) in [7, 11) is 0. The molecule has 0 spiro atoms. The van der Waals surface area contributed by atoms with E-state index in [0.717, 1.165) is 19.3 Å². The second kappa shape index (κ2) is 20.8. The minimum Gasteiger partial charge on any atom is -0.435 e. The summed E-state index contributed by atoms with van der Waals surface area (Å²) in [6, 6.07) is 0. The minimum atomic E-state index is -1.87. The molecule has 64 heavy (non-hydrogen) atoms. The molecule has 3 saturated carbocycles. The van der Waals surface area contributed by atoms with Crippen LogP contribution in [-0.4, -0.2) is 204 Å². The van der Waals surface area contributed by atoms with Crippen LogP contribution >= 0.6 is 0 Å². The summed E-state index contributed by atoms with van der Waals surface area (Å²) < 4.78 is 41.9. The van der Waals surface area contributed by atoms with Crippen LogP contribution in [0.3, 0.4) is 0 Å². The number of esters is 1. The van der Waals surface area contributed by atoms with E-state index < -0.39 is 141 Å². The number of fused-ring (bicyclic) bond motifs is 3. The number of carbonyl (C=O) groups excluding carboxylic acids is 1. The fourth-order valence-corrected chi connectivity index (χ4v) is 12.9. The molecule has 3 aliphatic carbocycles. The average molecular weight is 923 g/mol. The normalized spacial score (nSPS) is 51.9. The van der Waals surface area contributed by atoms with Gasteiger partial charge in [0.15, 0.2) is 12.6 Å². The molecule has 25 atom stereocenters. The molecule has 25 unspecified atom stereocenters. The van der Waals surface area contributed by atoms with Crippen molar-refractivity contribution in [1.82, 2.24) is 0 Å². The Kier molecular flexibility index (Phi) is 16.4. The van der Waals surface area contributed by atoms with Crippen LogP contribution in [0.4, 0.5) is 0 Å². The molecule has 0 aromatic rings. The van der Waals surface area contributed by atoms with Crippen molar-refractivity contribution < 1.29 is 99.2 Å². The number of carbonyl (C=O) groups is 1. The Bertz CT molecular complexity index is 1530. The smallest absolute Gasteiger partial charge is 0.314 e. The molecule has 0 aromatic carbocycles. The number of ether oxygens (including phenoxy) is 7. The van der Waals surface area contributed by atoms with E-state index >= 15 is 0 Å². The molecule has 0 radical (unpaired) electrons. The van der Waals surface area contributed by atoms with E-state index in [4.69, 9.17) is 33.2 Å². The molecule has 7 rings (SSSR count). The Morgan fingerprint density at radius 2 is 1.41 bits per heavy atom. The molecule has 0 aromatic heterocycles. The Hall–Kier alpha value is -1.25. The number of aliphatic hydroxyl groups is 12. The van der Waals surface area contributed by atoms with Crippen molar-refractivity contribution in [2.45, 2.75) is 202 Å². The predicted octanol–water partition coefficient (Wildman–Crippen LogP) is -2.46. The second-order valence-electron chi connectivity index (χ2n) is 20.3. The van der Waals surface area contributed by atoms with E-state index in [9.17, 15) is 66.1 Å². The van der Waals surface area contributed by atoms with Gasteiger partial charge in [0.05, 0.1) is 68.5 Å². The Balaban J connectivity index is 1.19. The molecule has 4 aliphatic heterocycles. The first kappa shape index (κ1) is 50.6. The van der Waals surface area contributed by atoms with Gasteiger partial charge in [0.25, 0.3) is 0 Å². The van der Waals surface area contributed by atoms with Gasteiger partial charge < -0.3 is 94.4 Å².